The van der Waals surface area contributed by atoms with Gasteiger partial charge in [-0.15, -0.1) is 10.2 Å². The van der Waals surface area contributed by atoms with E-state index in [2.05, 4.69) is 20.1 Å². The van der Waals surface area contributed by atoms with E-state index in [-0.39, 0.29) is 5.91 Å². The SMILES string of the molecule is Cc1nnc(CN2CCCN(C(=O)c3cccc4cc[nH]c34)CC2)o1. The molecule has 0 spiro atoms. The van der Waals surface area contributed by atoms with Crippen LogP contribution in [-0.4, -0.2) is 57.1 Å². The predicted octanol–water partition coefficient (Wildman–Crippen LogP) is 2.21. The molecule has 0 bridgehead atoms. The normalized spacial score (nSPS) is 16.3. The van der Waals surface area contributed by atoms with E-state index in [0.29, 0.717) is 24.9 Å². The molecule has 0 aliphatic carbocycles. The third-order valence-electron chi connectivity index (χ3n) is 4.62. The van der Waals surface area contributed by atoms with Crippen LogP contribution < -0.4 is 0 Å². The zero-order valence-electron chi connectivity index (χ0n) is 14.2. The van der Waals surface area contributed by atoms with Crippen LogP contribution in [-0.2, 0) is 6.54 Å². The average Bonchev–Trinajstić information content (AvgIpc) is 3.18. The molecule has 3 aromatic rings. The molecule has 7 heteroatoms. The third-order valence-corrected chi connectivity index (χ3v) is 4.62. The molecule has 1 aliphatic heterocycles. The van der Waals surface area contributed by atoms with Gasteiger partial charge in [0.2, 0.25) is 11.8 Å². The van der Waals surface area contributed by atoms with Gasteiger partial charge in [0.25, 0.3) is 5.91 Å². The number of aryl methyl sites for hydroxylation is 1. The molecule has 0 saturated carbocycles. The lowest BCUT2D eigenvalue weighted by Crippen LogP contribution is -2.35. The Morgan fingerprint density at radius 2 is 2.12 bits per heavy atom. The number of amides is 1. The zero-order chi connectivity index (χ0) is 17.2. The highest BCUT2D eigenvalue weighted by molar-refractivity contribution is 6.05. The summed E-state index contributed by atoms with van der Waals surface area (Å²) < 4.78 is 5.46. The fourth-order valence-corrected chi connectivity index (χ4v) is 3.36. The van der Waals surface area contributed by atoms with Crippen molar-refractivity contribution in [1.82, 2.24) is 25.0 Å². The summed E-state index contributed by atoms with van der Waals surface area (Å²) in [5.41, 5.74) is 1.65. The number of carbonyl (C=O) groups excluding carboxylic acids is 1. The van der Waals surface area contributed by atoms with E-state index >= 15 is 0 Å². The number of fused-ring (bicyclic) bond motifs is 1. The molecule has 0 atom stereocenters. The van der Waals surface area contributed by atoms with Crippen LogP contribution in [0, 0.1) is 6.92 Å². The van der Waals surface area contributed by atoms with Crippen molar-refractivity contribution in [3.8, 4) is 0 Å². The van der Waals surface area contributed by atoms with Crippen LogP contribution in [0.25, 0.3) is 10.9 Å². The second-order valence-corrected chi connectivity index (χ2v) is 6.38. The van der Waals surface area contributed by atoms with Gasteiger partial charge in [0.1, 0.15) is 0 Å². The van der Waals surface area contributed by atoms with Crippen molar-refractivity contribution in [1.29, 1.82) is 0 Å². The maximum absolute atomic E-state index is 13.0. The Labute approximate surface area is 145 Å². The molecule has 3 heterocycles. The quantitative estimate of drug-likeness (QED) is 0.791. The fraction of sp³-hybridized carbons (Fsp3) is 0.389. The number of nitrogens with zero attached hydrogens (tertiary/aromatic N) is 4. The number of nitrogens with one attached hydrogen (secondary N) is 1. The lowest BCUT2D eigenvalue weighted by molar-refractivity contribution is 0.0762. The van der Waals surface area contributed by atoms with Crippen molar-refractivity contribution in [2.45, 2.75) is 19.9 Å². The number of benzene rings is 1. The Bertz CT molecular complexity index is 884. The van der Waals surface area contributed by atoms with Crippen LogP contribution >= 0.6 is 0 Å². The highest BCUT2D eigenvalue weighted by Gasteiger charge is 2.22. The van der Waals surface area contributed by atoms with Crippen LogP contribution in [0.2, 0.25) is 0 Å². The van der Waals surface area contributed by atoms with Gasteiger partial charge in [-0.1, -0.05) is 12.1 Å². The Morgan fingerprint density at radius 3 is 2.96 bits per heavy atom. The fourth-order valence-electron chi connectivity index (χ4n) is 3.36. The van der Waals surface area contributed by atoms with Gasteiger partial charge >= 0.3 is 0 Å². The maximum Gasteiger partial charge on any atom is 0.256 e. The van der Waals surface area contributed by atoms with Crippen LogP contribution in [0.15, 0.2) is 34.9 Å². The first-order valence-corrected chi connectivity index (χ1v) is 8.57. The molecular formula is C18H21N5O2. The van der Waals surface area contributed by atoms with E-state index in [4.69, 9.17) is 4.42 Å². The van der Waals surface area contributed by atoms with Gasteiger partial charge in [-0.3, -0.25) is 9.69 Å². The molecule has 4 rings (SSSR count). The second-order valence-electron chi connectivity index (χ2n) is 6.38. The minimum Gasteiger partial charge on any atom is -0.424 e. The molecule has 25 heavy (non-hydrogen) atoms. The van der Waals surface area contributed by atoms with Crippen LogP contribution in [0.3, 0.4) is 0 Å². The van der Waals surface area contributed by atoms with E-state index < -0.39 is 0 Å². The lowest BCUT2D eigenvalue weighted by Gasteiger charge is -2.21. The first-order valence-electron chi connectivity index (χ1n) is 8.57. The number of rotatable bonds is 3. The van der Waals surface area contributed by atoms with Crippen molar-refractivity contribution in [3.05, 3.63) is 47.8 Å². The highest BCUT2D eigenvalue weighted by Crippen LogP contribution is 2.19. The van der Waals surface area contributed by atoms with Crippen molar-refractivity contribution >= 4 is 16.8 Å². The van der Waals surface area contributed by atoms with Crippen molar-refractivity contribution < 1.29 is 9.21 Å². The molecule has 7 nitrogen and oxygen atoms in total. The average molecular weight is 339 g/mol. The van der Waals surface area contributed by atoms with Gasteiger partial charge in [0, 0.05) is 44.7 Å². The molecule has 1 aromatic carbocycles. The maximum atomic E-state index is 13.0. The van der Waals surface area contributed by atoms with Gasteiger partial charge in [-0.2, -0.15) is 0 Å². The Kier molecular flexibility index (Phi) is 4.23. The first-order chi connectivity index (χ1) is 12.2. The topological polar surface area (TPSA) is 78.3 Å². The highest BCUT2D eigenvalue weighted by atomic mass is 16.4. The minimum absolute atomic E-state index is 0.0866. The number of aromatic amines is 1. The molecular weight excluding hydrogens is 318 g/mol. The van der Waals surface area contributed by atoms with E-state index in [1.54, 1.807) is 6.92 Å². The van der Waals surface area contributed by atoms with Gasteiger partial charge < -0.3 is 14.3 Å². The minimum atomic E-state index is 0.0866. The molecule has 1 N–H and O–H groups in total. The van der Waals surface area contributed by atoms with Crippen molar-refractivity contribution in [2.24, 2.45) is 0 Å². The van der Waals surface area contributed by atoms with Gasteiger partial charge in [-0.25, -0.2) is 0 Å². The van der Waals surface area contributed by atoms with Crippen LogP contribution in [0.4, 0.5) is 0 Å². The predicted molar refractivity (Wildman–Crippen MR) is 93.1 cm³/mol. The molecule has 0 unspecified atom stereocenters. The smallest absolute Gasteiger partial charge is 0.256 e. The summed E-state index contributed by atoms with van der Waals surface area (Å²) >= 11 is 0. The second kappa shape index (κ2) is 6.68. The number of carbonyl (C=O) groups is 1. The van der Waals surface area contributed by atoms with Crippen LogP contribution in [0.1, 0.15) is 28.6 Å². The molecule has 1 amide bonds. The van der Waals surface area contributed by atoms with Crippen LogP contribution in [0.5, 0.6) is 0 Å². The number of aromatic nitrogens is 3. The largest absolute Gasteiger partial charge is 0.424 e. The van der Waals surface area contributed by atoms with Crippen molar-refractivity contribution in [2.75, 3.05) is 26.2 Å². The van der Waals surface area contributed by atoms with E-state index in [1.807, 2.05) is 35.4 Å². The Morgan fingerprint density at radius 1 is 1.20 bits per heavy atom. The number of hydrogen-bond acceptors (Lipinski definition) is 5. The summed E-state index contributed by atoms with van der Waals surface area (Å²) in [7, 11) is 0. The van der Waals surface area contributed by atoms with Gasteiger partial charge in [0.15, 0.2) is 0 Å². The number of hydrogen-bond donors (Lipinski definition) is 1. The summed E-state index contributed by atoms with van der Waals surface area (Å²) in [5.74, 6) is 1.30. The number of H-pyrrole nitrogens is 1. The van der Waals surface area contributed by atoms with E-state index in [1.165, 1.54) is 0 Å². The monoisotopic (exact) mass is 339 g/mol. The first kappa shape index (κ1) is 15.8. The lowest BCUT2D eigenvalue weighted by atomic mass is 10.1. The number of para-hydroxylation sites is 1. The molecule has 0 radical (unpaired) electrons. The molecule has 1 saturated heterocycles. The summed E-state index contributed by atoms with van der Waals surface area (Å²) in [6, 6.07) is 7.83. The summed E-state index contributed by atoms with van der Waals surface area (Å²) in [6.07, 6.45) is 2.80. The van der Waals surface area contributed by atoms with E-state index in [0.717, 1.165) is 42.5 Å². The Balaban J connectivity index is 1.45. The third kappa shape index (κ3) is 3.28. The van der Waals surface area contributed by atoms with E-state index in [9.17, 15) is 4.79 Å². The molecule has 2 aromatic heterocycles. The van der Waals surface area contributed by atoms with Crippen molar-refractivity contribution in [3.63, 3.8) is 0 Å². The molecule has 1 aliphatic rings. The molecule has 1 fully saturated rings. The summed E-state index contributed by atoms with van der Waals surface area (Å²) in [6.45, 7) is 5.60. The molecule has 130 valence electrons. The standard InChI is InChI=1S/C18H21N5O2/c1-13-20-21-16(25-13)12-22-8-3-9-23(11-10-22)18(24)15-5-2-4-14-6-7-19-17(14)15/h2,4-7,19H,3,8-12H2,1H3. The summed E-state index contributed by atoms with van der Waals surface area (Å²) in [5, 5.41) is 8.99. The zero-order valence-corrected chi connectivity index (χ0v) is 14.2. The van der Waals surface area contributed by atoms with Gasteiger partial charge in [-0.05, 0) is 18.6 Å². The Hall–Kier alpha value is -2.67. The van der Waals surface area contributed by atoms with Gasteiger partial charge in [0.05, 0.1) is 17.6 Å². The summed E-state index contributed by atoms with van der Waals surface area (Å²) in [4.78, 5) is 20.4.